The highest BCUT2D eigenvalue weighted by Crippen LogP contribution is 2.23. The Labute approximate surface area is 123 Å². The van der Waals surface area contributed by atoms with Crippen molar-refractivity contribution in [2.75, 3.05) is 33.7 Å². The van der Waals surface area contributed by atoms with E-state index in [9.17, 15) is 5.11 Å². The molecule has 1 aliphatic heterocycles. The maximum atomic E-state index is 10.5. The van der Waals surface area contributed by atoms with Gasteiger partial charge in [0.05, 0.1) is 6.10 Å². The van der Waals surface area contributed by atoms with Crippen LogP contribution in [0, 0.1) is 12.8 Å². The van der Waals surface area contributed by atoms with Gasteiger partial charge in [-0.25, -0.2) is 0 Å². The van der Waals surface area contributed by atoms with Gasteiger partial charge in [-0.1, -0.05) is 29.8 Å². The van der Waals surface area contributed by atoms with E-state index in [2.05, 4.69) is 49.9 Å². The predicted molar refractivity (Wildman–Crippen MR) is 83.8 cm³/mol. The third-order valence-electron chi connectivity index (χ3n) is 4.61. The summed E-state index contributed by atoms with van der Waals surface area (Å²) in [6.45, 7) is 7.63. The summed E-state index contributed by atoms with van der Waals surface area (Å²) in [4.78, 5) is 4.69. The van der Waals surface area contributed by atoms with Gasteiger partial charge in [0.2, 0.25) is 0 Å². The minimum absolute atomic E-state index is 0.142. The maximum Gasteiger partial charge on any atom is 0.0942 e. The van der Waals surface area contributed by atoms with Crippen molar-refractivity contribution in [2.24, 2.45) is 5.92 Å². The van der Waals surface area contributed by atoms with Gasteiger partial charge in [-0.2, -0.15) is 0 Å². The molecule has 1 fully saturated rings. The van der Waals surface area contributed by atoms with Gasteiger partial charge in [0.25, 0.3) is 0 Å². The van der Waals surface area contributed by atoms with E-state index in [-0.39, 0.29) is 6.04 Å². The first-order valence-electron chi connectivity index (χ1n) is 7.60. The van der Waals surface area contributed by atoms with Crippen molar-refractivity contribution in [3.05, 3.63) is 35.4 Å². The molecular formula is C17H28N2O. The average molecular weight is 276 g/mol. The van der Waals surface area contributed by atoms with Crippen LogP contribution in [-0.4, -0.2) is 54.7 Å². The van der Waals surface area contributed by atoms with Gasteiger partial charge in [0.15, 0.2) is 0 Å². The summed E-state index contributed by atoms with van der Waals surface area (Å²) in [5.74, 6) is 0.734. The molecule has 112 valence electrons. The highest BCUT2D eigenvalue weighted by Gasteiger charge is 2.25. The van der Waals surface area contributed by atoms with Crippen LogP contribution in [0.1, 0.15) is 30.6 Å². The van der Waals surface area contributed by atoms with Gasteiger partial charge < -0.3 is 14.9 Å². The molecule has 3 heteroatoms. The zero-order chi connectivity index (χ0) is 14.7. The number of hydrogen-bond acceptors (Lipinski definition) is 3. The molecule has 1 N–H and O–H groups in total. The number of rotatable bonds is 5. The van der Waals surface area contributed by atoms with E-state index >= 15 is 0 Å². The fourth-order valence-corrected chi connectivity index (χ4v) is 3.03. The monoisotopic (exact) mass is 276 g/mol. The molecule has 1 saturated heterocycles. The Bertz CT molecular complexity index is 418. The van der Waals surface area contributed by atoms with E-state index in [0.29, 0.717) is 0 Å². The first kappa shape index (κ1) is 15.5. The van der Waals surface area contributed by atoms with Crippen LogP contribution in [0.5, 0.6) is 0 Å². The number of likely N-dealkylation sites (N-methyl/N-ethyl adjacent to an activating group) is 1. The lowest BCUT2D eigenvalue weighted by Crippen LogP contribution is -2.38. The molecule has 0 saturated carbocycles. The van der Waals surface area contributed by atoms with Gasteiger partial charge in [-0.15, -0.1) is 0 Å². The molecule has 3 nitrogen and oxygen atoms in total. The molecule has 20 heavy (non-hydrogen) atoms. The third-order valence-corrected chi connectivity index (χ3v) is 4.61. The Morgan fingerprint density at radius 1 is 1.35 bits per heavy atom. The van der Waals surface area contributed by atoms with E-state index in [1.54, 1.807) is 0 Å². The summed E-state index contributed by atoms with van der Waals surface area (Å²) in [6.07, 6.45) is 0.855. The minimum atomic E-state index is -0.417. The van der Waals surface area contributed by atoms with Crippen molar-refractivity contribution in [3.63, 3.8) is 0 Å². The summed E-state index contributed by atoms with van der Waals surface area (Å²) in [7, 11) is 4.31. The molecule has 1 heterocycles. The van der Waals surface area contributed by atoms with Crippen LogP contribution in [-0.2, 0) is 0 Å². The molecule has 0 aliphatic carbocycles. The Morgan fingerprint density at radius 2 is 2.00 bits per heavy atom. The maximum absolute atomic E-state index is 10.5. The molecule has 2 rings (SSSR count). The van der Waals surface area contributed by atoms with Gasteiger partial charge in [0, 0.05) is 19.1 Å². The van der Waals surface area contributed by atoms with Crippen LogP contribution in [0.2, 0.25) is 0 Å². The van der Waals surface area contributed by atoms with Gasteiger partial charge in [-0.05, 0) is 52.4 Å². The van der Waals surface area contributed by atoms with Gasteiger partial charge in [0.1, 0.15) is 0 Å². The number of benzene rings is 1. The quantitative estimate of drug-likeness (QED) is 0.894. The average Bonchev–Trinajstić information content (AvgIpc) is 2.83. The van der Waals surface area contributed by atoms with Crippen molar-refractivity contribution in [1.29, 1.82) is 0 Å². The SMILES string of the molecule is Cc1ccc(C(O)C(C)N(C)CC2CCN(C)C2)cc1. The summed E-state index contributed by atoms with van der Waals surface area (Å²) in [5, 5.41) is 10.5. The summed E-state index contributed by atoms with van der Waals surface area (Å²) in [6, 6.07) is 8.35. The van der Waals surface area contributed by atoms with Crippen molar-refractivity contribution in [2.45, 2.75) is 32.4 Å². The lowest BCUT2D eigenvalue weighted by molar-refractivity contribution is 0.0649. The highest BCUT2D eigenvalue weighted by molar-refractivity contribution is 5.23. The van der Waals surface area contributed by atoms with Crippen LogP contribution >= 0.6 is 0 Å². The number of likely N-dealkylation sites (tertiary alicyclic amines) is 1. The normalized spacial score (nSPS) is 23.2. The summed E-state index contributed by atoms with van der Waals surface area (Å²) in [5.41, 5.74) is 2.24. The van der Waals surface area contributed by atoms with E-state index < -0.39 is 6.10 Å². The van der Waals surface area contributed by atoms with Crippen LogP contribution in [0.15, 0.2) is 24.3 Å². The molecule has 0 aromatic heterocycles. The second-order valence-corrected chi connectivity index (χ2v) is 6.45. The van der Waals surface area contributed by atoms with Crippen molar-refractivity contribution < 1.29 is 5.11 Å². The number of aliphatic hydroxyl groups is 1. The van der Waals surface area contributed by atoms with Crippen molar-refractivity contribution in [3.8, 4) is 0 Å². The molecule has 0 amide bonds. The number of aryl methyl sites for hydroxylation is 1. The Morgan fingerprint density at radius 3 is 2.55 bits per heavy atom. The smallest absolute Gasteiger partial charge is 0.0942 e. The molecule has 0 radical (unpaired) electrons. The molecule has 1 aromatic carbocycles. The van der Waals surface area contributed by atoms with Gasteiger partial charge in [-0.3, -0.25) is 0 Å². The lowest BCUT2D eigenvalue weighted by atomic mass is 10.00. The van der Waals surface area contributed by atoms with E-state index in [1.807, 2.05) is 12.1 Å². The number of nitrogens with zero attached hydrogens (tertiary/aromatic N) is 2. The number of aliphatic hydroxyl groups excluding tert-OH is 1. The second kappa shape index (κ2) is 6.70. The second-order valence-electron chi connectivity index (χ2n) is 6.45. The molecule has 3 atom stereocenters. The fraction of sp³-hybridized carbons (Fsp3) is 0.647. The fourth-order valence-electron chi connectivity index (χ4n) is 3.03. The van der Waals surface area contributed by atoms with E-state index in [0.717, 1.165) is 18.0 Å². The predicted octanol–water partition coefficient (Wildman–Crippen LogP) is 2.30. The number of hydrogen-bond donors (Lipinski definition) is 1. The Hall–Kier alpha value is -0.900. The largest absolute Gasteiger partial charge is 0.387 e. The zero-order valence-electron chi connectivity index (χ0n) is 13.2. The first-order valence-corrected chi connectivity index (χ1v) is 7.60. The highest BCUT2D eigenvalue weighted by atomic mass is 16.3. The van der Waals surface area contributed by atoms with Crippen LogP contribution in [0.25, 0.3) is 0 Å². The van der Waals surface area contributed by atoms with Crippen LogP contribution in [0.4, 0.5) is 0 Å². The topological polar surface area (TPSA) is 26.7 Å². The van der Waals surface area contributed by atoms with Gasteiger partial charge >= 0.3 is 0 Å². The van der Waals surface area contributed by atoms with E-state index in [4.69, 9.17) is 0 Å². The molecular weight excluding hydrogens is 248 g/mol. The Balaban J connectivity index is 1.92. The molecule has 0 bridgehead atoms. The van der Waals surface area contributed by atoms with Crippen molar-refractivity contribution in [1.82, 2.24) is 9.80 Å². The lowest BCUT2D eigenvalue weighted by Gasteiger charge is -2.31. The van der Waals surface area contributed by atoms with Crippen LogP contribution in [0.3, 0.4) is 0 Å². The third kappa shape index (κ3) is 3.81. The molecule has 3 unspecified atom stereocenters. The first-order chi connectivity index (χ1) is 9.47. The van der Waals surface area contributed by atoms with E-state index in [1.165, 1.54) is 25.1 Å². The molecule has 1 aliphatic rings. The minimum Gasteiger partial charge on any atom is -0.387 e. The summed E-state index contributed by atoms with van der Waals surface area (Å²) >= 11 is 0. The molecule has 1 aromatic rings. The standard InChI is InChI=1S/C17H28N2O/c1-13-5-7-16(8-6-13)17(20)14(2)19(4)12-15-9-10-18(3)11-15/h5-8,14-15,17,20H,9-12H2,1-4H3. The zero-order valence-corrected chi connectivity index (χ0v) is 13.2. The molecule has 0 spiro atoms. The van der Waals surface area contributed by atoms with Crippen molar-refractivity contribution >= 4 is 0 Å². The van der Waals surface area contributed by atoms with Crippen LogP contribution < -0.4 is 0 Å². The Kier molecular flexibility index (Phi) is 5.19. The summed E-state index contributed by atoms with van der Waals surface area (Å²) < 4.78 is 0.